The molecule has 0 bridgehead atoms. The predicted molar refractivity (Wildman–Crippen MR) is 140 cm³/mol. The molecule has 1 aromatic carbocycles. The lowest BCUT2D eigenvalue weighted by Gasteiger charge is -2.14. The first-order chi connectivity index (χ1) is 17.9. The van der Waals surface area contributed by atoms with E-state index in [9.17, 15) is 9.59 Å². The van der Waals surface area contributed by atoms with Crippen molar-refractivity contribution in [2.75, 3.05) is 12.4 Å². The summed E-state index contributed by atoms with van der Waals surface area (Å²) in [4.78, 5) is 34.8. The number of aromatic nitrogens is 2. The lowest BCUT2D eigenvalue weighted by molar-refractivity contribution is -0.125. The van der Waals surface area contributed by atoms with Crippen LogP contribution in [0.3, 0.4) is 0 Å². The van der Waals surface area contributed by atoms with E-state index in [4.69, 9.17) is 14.9 Å². The van der Waals surface area contributed by atoms with E-state index in [1.165, 1.54) is 6.08 Å². The van der Waals surface area contributed by atoms with Crippen molar-refractivity contribution in [3.8, 4) is 11.5 Å². The highest BCUT2D eigenvalue weighted by Gasteiger charge is 2.21. The summed E-state index contributed by atoms with van der Waals surface area (Å²) in [5, 5.41) is 3.61. The van der Waals surface area contributed by atoms with Crippen LogP contribution in [0.5, 0.6) is 11.5 Å². The maximum Gasteiger partial charge on any atom is 0.246 e. The summed E-state index contributed by atoms with van der Waals surface area (Å²) in [6.45, 7) is 2.25. The van der Waals surface area contributed by atoms with Crippen molar-refractivity contribution in [1.82, 2.24) is 14.9 Å². The molecule has 9 heteroatoms. The second-order valence-electron chi connectivity index (χ2n) is 9.01. The molecule has 188 valence electrons. The van der Waals surface area contributed by atoms with Crippen LogP contribution in [0.15, 0.2) is 65.5 Å². The van der Waals surface area contributed by atoms with E-state index in [-0.39, 0.29) is 11.8 Å². The van der Waals surface area contributed by atoms with Crippen LogP contribution < -0.4 is 15.8 Å². The Kier molecular flexibility index (Phi) is 6.70. The maximum atomic E-state index is 12.9. The summed E-state index contributed by atoms with van der Waals surface area (Å²) < 4.78 is 12.1. The number of ether oxygens (including phenoxy) is 1. The number of rotatable bonds is 6. The largest absolute Gasteiger partial charge is 0.459 e. The Morgan fingerprint density at radius 1 is 1.30 bits per heavy atom. The summed E-state index contributed by atoms with van der Waals surface area (Å²) in [5.41, 5.74) is 9.11. The van der Waals surface area contributed by atoms with Crippen molar-refractivity contribution >= 4 is 34.7 Å². The third-order valence-corrected chi connectivity index (χ3v) is 6.34. The quantitative estimate of drug-likeness (QED) is 0.383. The van der Waals surface area contributed by atoms with Gasteiger partial charge in [-0.05, 0) is 67.3 Å². The molecule has 0 radical (unpaired) electrons. The average molecular weight is 498 g/mol. The highest BCUT2D eigenvalue weighted by atomic mass is 16.5. The Labute approximate surface area is 214 Å². The Balaban J connectivity index is 1.30. The monoisotopic (exact) mass is 497 g/mol. The van der Waals surface area contributed by atoms with Crippen molar-refractivity contribution in [2.24, 2.45) is 5.73 Å². The first-order valence-electron chi connectivity index (χ1n) is 12.0. The van der Waals surface area contributed by atoms with Crippen LogP contribution in [-0.4, -0.2) is 39.8 Å². The van der Waals surface area contributed by atoms with Crippen LogP contribution in [-0.2, 0) is 22.6 Å². The van der Waals surface area contributed by atoms with Gasteiger partial charge in [-0.1, -0.05) is 6.07 Å². The van der Waals surface area contributed by atoms with Gasteiger partial charge in [0.25, 0.3) is 0 Å². The van der Waals surface area contributed by atoms with Gasteiger partial charge in [0.15, 0.2) is 0 Å². The second kappa shape index (κ2) is 10.2. The fourth-order valence-corrected chi connectivity index (χ4v) is 4.25. The second-order valence-corrected chi connectivity index (χ2v) is 9.01. The smallest absolute Gasteiger partial charge is 0.246 e. The van der Waals surface area contributed by atoms with E-state index in [0.29, 0.717) is 48.0 Å². The molecule has 0 aliphatic carbocycles. The maximum absolute atomic E-state index is 12.9. The molecule has 2 amide bonds. The molecule has 4 aromatic rings. The van der Waals surface area contributed by atoms with Gasteiger partial charge in [-0.3, -0.25) is 14.6 Å². The van der Waals surface area contributed by atoms with Crippen molar-refractivity contribution in [2.45, 2.75) is 32.4 Å². The number of benzene rings is 1. The molecule has 4 heterocycles. The van der Waals surface area contributed by atoms with Crippen LogP contribution in [0.1, 0.15) is 28.9 Å². The molecule has 0 spiro atoms. The Bertz CT molecular complexity index is 1500. The van der Waals surface area contributed by atoms with Crippen LogP contribution in [0.25, 0.3) is 17.0 Å². The molecule has 0 saturated carbocycles. The van der Waals surface area contributed by atoms with E-state index in [1.54, 1.807) is 36.6 Å². The van der Waals surface area contributed by atoms with E-state index in [0.717, 1.165) is 22.1 Å². The Morgan fingerprint density at radius 3 is 2.97 bits per heavy atom. The third-order valence-electron chi connectivity index (χ3n) is 6.34. The number of nitrogens with two attached hydrogens (primary N) is 1. The number of carbonyl (C=O) groups is 2. The molecule has 1 unspecified atom stereocenters. The zero-order chi connectivity index (χ0) is 25.9. The molecule has 3 aromatic heterocycles. The highest BCUT2D eigenvalue weighted by Crippen LogP contribution is 2.36. The van der Waals surface area contributed by atoms with Gasteiger partial charge in [-0.25, -0.2) is 4.98 Å². The molecular formula is C28H27N5O4. The molecule has 1 atom stereocenters. The number of aryl methyl sites for hydroxylation is 2. The van der Waals surface area contributed by atoms with Gasteiger partial charge in [0.2, 0.25) is 11.8 Å². The average Bonchev–Trinajstić information content (AvgIpc) is 3.14. The minimum atomic E-state index is -0.553. The van der Waals surface area contributed by atoms with Gasteiger partial charge in [0.05, 0.1) is 24.2 Å². The molecular weight excluding hydrogens is 470 g/mol. The molecule has 1 aliphatic heterocycles. The molecule has 37 heavy (non-hydrogen) atoms. The topological polar surface area (TPSA) is 124 Å². The lowest BCUT2D eigenvalue weighted by atomic mass is 10.1. The number of amides is 2. The summed E-state index contributed by atoms with van der Waals surface area (Å²) in [7, 11) is 1.72. The minimum Gasteiger partial charge on any atom is -0.459 e. The van der Waals surface area contributed by atoms with Crippen molar-refractivity contribution in [3.63, 3.8) is 0 Å². The predicted octanol–water partition coefficient (Wildman–Crippen LogP) is 4.21. The fourth-order valence-electron chi connectivity index (χ4n) is 4.25. The van der Waals surface area contributed by atoms with Crippen molar-refractivity contribution < 1.29 is 18.7 Å². The first-order valence-corrected chi connectivity index (χ1v) is 12.0. The number of carbonyl (C=O) groups excluding carboxylic acids is 2. The number of furan rings is 1. The fraction of sp³-hybridized carbons (Fsp3) is 0.214. The highest BCUT2D eigenvalue weighted by molar-refractivity contribution is 5.95. The van der Waals surface area contributed by atoms with Gasteiger partial charge >= 0.3 is 0 Å². The number of nitrogens with zero attached hydrogens (tertiary/aromatic N) is 3. The van der Waals surface area contributed by atoms with Crippen molar-refractivity contribution in [1.29, 1.82) is 0 Å². The number of fused-ring (bicyclic) bond motifs is 2. The Hall–Kier alpha value is -4.50. The van der Waals surface area contributed by atoms with Gasteiger partial charge in [-0.15, -0.1) is 0 Å². The van der Waals surface area contributed by atoms with Gasteiger partial charge < -0.3 is 25.1 Å². The lowest BCUT2D eigenvalue weighted by Crippen LogP contribution is -2.34. The molecule has 0 saturated heterocycles. The van der Waals surface area contributed by atoms with E-state index >= 15 is 0 Å². The third kappa shape index (κ3) is 5.22. The number of anilines is 1. The molecule has 0 fully saturated rings. The first kappa shape index (κ1) is 24.2. The summed E-state index contributed by atoms with van der Waals surface area (Å²) in [6.07, 6.45) is 9.35. The van der Waals surface area contributed by atoms with Gasteiger partial charge in [0.1, 0.15) is 28.7 Å². The summed E-state index contributed by atoms with van der Waals surface area (Å²) in [6, 6.07) is 10.6. The van der Waals surface area contributed by atoms with Crippen LogP contribution in [0.4, 0.5) is 5.82 Å². The Morgan fingerprint density at radius 2 is 2.16 bits per heavy atom. The van der Waals surface area contributed by atoms with Gasteiger partial charge in [0, 0.05) is 31.1 Å². The summed E-state index contributed by atoms with van der Waals surface area (Å²) >= 11 is 0. The van der Waals surface area contributed by atoms with Crippen LogP contribution >= 0.6 is 0 Å². The number of hydrogen-bond acceptors (Lipinski definition) is 7. The minimum absolute atomic E-state index is 0.183. The molecule has 9 nitrogen and oxygen atoms in total. The van der Waals surface area contributed by atoms with E-state index < -0.39 is 6.04 Å². The SMILES string of the molecule is Cc1c(CN(C)C(=O)C=Cc2cnc3c(c2)CCC(N)C(=O)N3)oc2cccc(Oc3cccnc3)c12. The van der Waals surface area contributed by atoms with Gasteiger partial charge in [-0.2, -0.15) is 0 Å². The normalized spacial score (nSPS) is 15.3. The summed E-state index contributed by atoms with van der Waals surface area (Å²) in [5.74, 6) is 2.08. The van der Waals surface area contributed by atoms with Crippen molar-refractivity contribution in [3.05, 3.63) is 83.5 Å². The van der Waals surface area contributed by atoms with Crippen LogP contribution in [0, 0.1) is 6.92 Å². The zero-order valence-electron chi connectivity index (χ0n) is 20.6. The molecule has 5 rings (SSSR count). The molecule has 1 aliphatic rings. The van der Waals surface area contributed by atoms with E-state index in [2.05, 4.69) is 15.3 Å². The number of nitrogens with one attached hydrogen (secondary N) is 1. The zero-order valence-corrected chi connectivity index (χ0v) is 20.6. The number of pyridine rings is 2. The molecule has 3 N–H and O–H groups in total. The number of hydrogen-bond donors (Lipinski definition) is 2. The van der Waals surface area contributed by atoms with Crippen LogP contribution in [0.2, 0.25) is 0 Å². The standard InChI is InChI=1S/C28H27N5O4/c1-17-24(37-23-7-3-6-22(26(17)23)36-20-5-4-12-30-15-20)16-33(2)25(34)11-8-18-13-19-9-10-21(29)28(35)32-27(19)31-14-18/h3-8,11-15,21H,9-10,16,29H2,1-2H3,(H,31,32,35). The van der Waals surface area contributed by atoms with E-state index in [1.807, 2.05) is 43.3 Å². The number of likely N-dealkylation sites (N-methyl/N-ethyl adjacent to an activating group) is 1.